The van der Waals surface area contributed by atoms with Crippen LogP contribution in [0.2, 0.25) is 0 Å². The maximum atomic E-state index is 6.03. The molecule has 1 aliphatic heterocycles. The van der Waals surface area contributed by atoms with E-state index >= 15 is 0 Å². The molecule has 0 bridgehead atoms. The molecule has 20 heavy (non-hydrogen) atoms. The van der Waals surface area contributed by atoms with Crippen LogP contribution in [-0.2, 0) is 12.4 Å². The first kappa shape index (κ1) is 13.8. The standard InChI is InChI=1S/C15H21ClN4/c1-19-8-4-12(5-9-19)6-10-20-14(11-16)18-13-3-2-7-17-15(13)20/h2-3,7,12H,4-6,8-11H2,1H3. The summed E-state index contributed by atoms with van der Waals surface area (Å²) in [5.41, 5.74) is 1.92. The number of pyridine rings is 1. The van der Waals surface area contributed by atoms with E-state index in [9.17, 15) is 0 Å². The first-order valence-electron chi connectivity index (χ1n) is 7.32. The Kier molecular flexibility index (Phi) is 4.22. The highest BCUT2D eigenvalue weighted by molar-refractivity contribution is 6.16. The van der Waals surface area contributed by atoms with Crippen molar-refractivity contribution in [1.29, 1.82) is 0 Å². The maximum Gasteiger partial charge on any atom is 0.160 e. The Balaban J connectivity index is 1.73. The van der Waals surface area contributed by atoms with Gasteiger partial charge in [-0.3, -0.25) is 0 Å². The van der Waals surface area contributed by atoms with Gasteiger partial charge < -0.3 is 9.47 Å². The predicted octanol–water partition coefficient (Wildman–Crippen LogP) is 2.90. The number of halogens is 1. The van der Waals surface area contributed by atoms with Gasteiger partial charge in [0, 0.05) is 12.7 Å². The summed E-state index contributed by atoms with van der Waals surface area (Å²) >= 11 is 6.03. The minimum Gasteiger partial charge on any atom is -0.312 e. The molecule has 1 aliphatic rings. The second-order valence-electron chi connectivity index (χ2n) is 5.69. The van der Waals surface area contributed by atoms with Crippen LogP contribution in [0.5, 0.6) is 0 Å². The van der Waals surface area contributed by atoms with E-state index in [1.54, 1.807) is 0 Å². The fraction of sp³-hybridized carbons (Fsp3) is 0.600. The second-order valence-corrected chi connectivity index (χ2v) is 5.96. The van der Waals surface area contributed by atoms with Crippen LogP contribution in [0.1, 0.15) is 25.1 Å². The average Bonchev–Trinajstić information content (AvgIpc) is 2.84. The summed E-state index contributed by atoms with van der Waals surface area (Å²) in [6.45, 7) is 3.41. The minimum absolute atomic E-state index is 0.448. The Morgan fingerprint density at radius 2 is 2.15 bits per heavy atom. The smallest absolute Gasteiger partial charge is 0.160 e. The number of likely N-dealkylation sites (tertiary alicyclic amines) is 1. The molecular weight excluding hydrogens is 272 g/mol. The lowest BCUT2D eigenvalue weighted by Gasteiger charge is -2.29. The topological polar surface area (TPSA) is 34.0 Å². The first-order chi connectivity index (χ1) is 9.78. The third-order valence-electron chi connectivity index (χ3n) is 4.30. The average molecular weight is 293 g/mol. The summed E-state index contributed by atoms with van der Waals surface area (Å²) in [5.74, 6) is 2.20. The summed E-state index contributed by atoms with van der Waals surface area (Å²) < 4.78 is 2.20. The zero-order chi connectivity index (χ0) is 13.9. The van der Waals surface area contributed by atoms with Gasteiger partial charge in [0.05, 0.1) is 5.88 Å². The molecule has 2 aromatic rings. The third-order valence-corrected chi connectivity index (χ3v) is 4.54. The Labute approximate surface area is 124 Å². The lowest BCUT2D eigenvalue weighted by atomic mass is 9.94. The van der Waals surface area contributed by atoms with Crippen LogP contribution in [0.3, 0.4) is 0 Å². The molecule has 5 heteroatoms. The molecule has 0 aliphatic carbocycles. The van der Waals surface area contributed by atoms with Crippen molar-refractivity contribution in [3.8, 4) is 0 Å². The number of rotatable bonds is 4. The Bertz CT molecular complexity index is 572. The number of nitrogens with zero attached hydrogens (tertiary/aromatic N) is 4. The molecule has 0 N–H and O–H groups in total. The van der Waals surface area contributed by atoms with E-state index in [-0.39, 0.29) is 0 Å². The lowest BCUT2D eigenvalue weighted by Crippen LogP contribution is -2.30. The van der Waals surface area contributed by atoms with Gasteiger partial charge in [-0.1, -0.05) is 0 Å². The van der Waals surface area contributed by atoms with E-state index in [1.807, 2.05) is 18.3 Å². The minimum atomic E-state index is 0.448. The van der Waals surface area contributed by atoms with Crippen LogP contribution in [0.15, 0.2) is 18.3 Å². The van der Waals surface area contributed by atoms with Crippen molar-refractivity contribution in [3.63, 3.8) is 0 Å². The van der Waals surface area contributed by atoms with E-state index in [4.69, 9.17) is 11.6 Å². The maximum absolute atomic E-state index is 6.03. The van der Waals surface area contributed by atoms with Crippen LogP contribution in [-0.4, -0.2) is 39.6 Å². The molecule has 0 saturated carbocycles. The number of piperidine rings is 1. The Morgan fingerprint density at radius 3 is 2.90 bits per heavy atom. The molecule has 3 rings (SSSR count). The van der Waals surface area contributed by atoms with Crippen LogP contribution in [0, 0.1) is 5.92 Å². The molecule has 0 atom stereocenters. The number of hydrogen-bond donors (Lipinski definition) is 0. The van der Waals surface area contributed by atoms with Gasteiger partial charge in [-0.2, -0.15) is 0 Å². The van der Waals surface area contributed by atoms with E-state index < -0.39 is 0 Å². The zero-order valence-corrected chi connectivity index (χ0v) is 12.7. The van der Waals surface area contributed by atoms with Crippen molar-refractivity contribution in [3.05, 3.63) is 24.2 Å². The van der Waals surface area contributed by atoms with Gasteiger partial charge >= 0.3 is 0 Å². The summed E-state index contributed by atoms with van der Waals surface area (Å²) in [6, 6.07) is 3.93. The number of alkyl halides is 1. The molecule has 3 heterocycles. The molecule has 1 saturated heterocycles. The molecular formula is C15H21ClN4. The first-order valence-corrected chi connectivity index (χ1v) is 7.86. The highest BCUT2D eigenvalue weighted by Crippen LogP contribution is 2.22. The summed E-state index contributed by atoms with van der Waals surface area (Å²) in [6.07, 6.45) is 5.62. The fourth-order valence-corrected chi connectivity index (χ4v) is 3.21. The van der Waals surface area contributed by atoms with Gasteiger partial charge in [-0.25, -0.2) is 9.97 Å². The SMILES string of the molecule is CN1CCC(CCn2c(CCl)nc3cccnc32)CC1. The van der Waals surface area contributed by atoms with Crippen molar-refractivity contribution in [2.75, 3.05) is 20.1 Å². The number of aromatic nitrogens is 3. The van der Waals surface area contributed by atoms with Gasteiger partial charge in [0.2, 0.25) is 0 Å². The number of hydrogen-bond acceptors (Lipinski definition) is 3. The Morgan fingerprint density at radius 1 is 1.35 bits per heavy atom. The quantitative estimate of drug-likeness (QED) is 0.813. The molecule has 0 aromatic carbocycles. The van der Waals surface area contributed by atoms with Crippen molar-refractivity contribution in [2.45, 2.75) is 31.7 Å². The van der Waals surface area contributed by atoms with Crippen molar-refractivity contribution in [1.82, 2.24) is 19.4 Å². The zero-order valence-electron chi connectivity index (χ0n) is 11.9. The van der Waals surface area contributed by atoms with E-state index in [0.717, 1.165) is 29.5 Å². The molecule has 1 fully saturated rings. The van der Waals surface area contributed by atoms with Crippen LogP contribution in [0.25, 0.3) is 11.2 Å². The number of imidazole rings is 1. The van der Waals surface area contributed by atoms with Gasteiger partial charge in [0.15, 0.2) is 5.65 Å². The third kappa shape index (κ3) is 2.81. The summed E-state index contributed by atoms with van der Waals surface area (Å²) in [5, 5.41) is 0. The van der Waals surface area contributed by atoms with Gasteiger partial charge in [0.25, 0.3) is 0 Å². The molecule has 108 valence electrons. The normalized spacial score (nSPS) is 17.9. The Hall–Kier alpha value is -1.13. The summed E-state index contributed by atoms with van der Waals surface area (Å²) in [4.78, 5) is 11.4. The highest BCUT2D eigenvalue weighted by atomic mass is 35.5. The fourth-order valence-electron chi connectivity index (χ4n) is 3.00. The van der Waals surface area contributed by atoms with Gasteiger partial charge in [-0.05, 0) is 57.5 Å². The van der Waals surface area contributed by atoms with E-state index in [1.165, 1.54) is 32.4 Å². The van der Waals surface area contributed by atoms with Crippen molar-refractivity contribution in [2.24, 2.45) is 5.92 Å². The lowest BCUT2D eigenvalue weighted by molar-refractivity contribution is 0.208. The van der Waals surface area contributed by atoms with Crippen molar-refractivity contribution >= 4 is 22.8 Å². The van der Waals surface area contributed by atoms with E-state index in [0.29, 0.717) is 5.88 Å². The van der Waals surface area contributed by atoms with Gasteiger partial charge in [-0.15, -0.1) is 11.6 Å². The predicted molar refractivity (Wildman–Crippen MR) is 81.9 cm³/mol. The highest BCUT2D eigenvalue weighted by Gasteiger charge is 2.18. The van der Waals surface area contributed by atoms with E-state index in [2.05, 4.69) is 26.5 Å². The number of aryl methyl sites for hydroxylation is 1. The molecule has 0 radical (unpaired) electrons. The molecule has 0 unspecified atom stereocenters. The van der Waals surface area contributed by atoms with Crippen LogP contribution >= 0.6 is 11.6 Å². The van der Waals surface area contributed by atoms with Crippen molar-refractivity contribution < 1.29 is 0 Å². The summed E-state index contributed by atoms with van der Waals surface area (Å²) in [7, 11) is 2.20. The molecule has 4 nitrogen and oxygen atoms in total. The molecule has 0 amide bonds. The molecule has 2 aromatic heterocycles. The monoisotopic (exact) mass is 292 g/mol. The molecule has 0 spiro atoms. The van der Waals surface area contributed by atoms with Crippen LogP contribution < -0.4 is 0 Å². The van der Waals surface area contributed by atoms with Crippen LogP contribution in [0.4, 0.5) is 0 Å². The number of fused-ring (bicyclic) bond motifs is 1. The van der Waals surface area contributed by atoms with Gasteiger partial charge in [0.1, 0.15) is 11.3 Å². The second kappa shape index (κ2) is 6.10. The largest absolute Gasteiger partial charge is 0.312 e.